The van der Waals surface area contributed by atoms with Crippen LogP contribution in [0.15, 0.2) is 41.9 Å². The zero-order valence-electron chi connectivity index (χ0n) is 14.9. The third-order valence-corrected chi connectivity index (χ3v) is 5.93. The number of carbonyl (C=O) groups excluding carboxylic acids is 1. The van der Waals surface area contributed by atoms with Crippen molar-refractivity contribution in [2.45, 2.75) is 26.8 Å². The molecule has 8 heteroatoms. The van der Waals surface area contributed by atoms with E-state index in [2.05, 4.69) is 20.3 Å². The van der Waals surface area contributed by atoms with E-state index in [0.717, 1.165) is 37.5 Å². The number of aromatic nitrogens is 5. The molecule has 0 fully saturated rings. The number of thiazole rings is 2. The Morgan fingerprint density at radius 1 is 1.11 bits per heavy atom. The Bertz CT molecular complexity index is 1080. The average Bonchev–Trinajstić information content (AvgIpc) is 3.36. The Morgan fingerprint density at radius 2 is 1.93 bits per heavy atom. The first kappa shape index (κ1) is 17.7. The Morgan fingerprint density at radius 3 is 2.67 bits per heavy atom. The molecule has 0 N–H and O–H groups in total. The molecule has 0 amide bonds. The summed E-state index contributed by atoms with van der Waals surface area (Å²) in [5.74, 6) is 0.0534. The maximum Gasteiger partial charge on any atom is 0.161 e. The number of carbonyl (C=O) groups is 1. The van der Waals surface area contributed by atoms with Crippen LogP contribution in [0, 0.1) is 13.8 Å². The van der Waals surface area contributed by atoms with Gasteiger partial charge in [0.2, 0.25) is 0 Å². The summed E-state index contributed by atoms with van der Waals surface area (Å²) in [5, 5.41) is 12.0. The molecular formula is C19H17N5OS2. The van der Waals surface area contributed by atoms with Gasteiger partial charge in [-0.2, -0.15) is 0 Å². The second-order valence-corrected chi connectivity index (χ2v) is 8.30. The van der Waals surface area contributed by atoms with Gasteiger partial charge in [0, 0.05) is 10.9 Å². The number of nitrogens with zero attached hydrogens (tertiary/aromatic N) is 5. The lowest BCUT2D eigenvalue weighted by atomic mass is 10.2. The second-order valence-electron chi connectivity index (χ2n) is 6.16. The Balaban J connectivity index is 1.42. The van der Waals surface area contributed by atoms with Crippen molar-refractivity contribution in [3.63, 3.8) is 0 Å². The highest BCUT2D eigenvalue weighted by molar-refractivity contribution is 7.16. The summed E-state index contributed by atoms with van der Waals surface area (Å²) in [6, 6.07) is 9.79. The maximum atomic E-state index is 12.4. The molecule has 0 saturated carbocycles. The largest absolute Gasteiger partial charge is 0.297 e. The summed E-state index contributed by atoms with van der Waals surface area (Å²) in [4.78, 5) is 22.5. The van der Waals surface area contributed by atoms with E-state index >= 15 is 0 Å². The van der Waals surface area contributed by atoms with Crippen molar-refractivity contribution in [1.82, 2.24) is 25.0 Å². The van der Waals surface area contributed by atoms with Crippen LogP contribution < -0.4 is 0 Å². The lowest BCUT2D eigenvalue weighted by Crippen LogP contribution is -2.13. The highest BCUT2D eigenvalue weighted by Gasteiger charge is 2.14. The monoisotopic (exact) mass is 395 g/mol. The van der Waals surface area contributed by atoms with Gasteiger partial charge in [-0.25, -0.2) is 14.6 Å². The molecule has 0 radical (unpaired) electrons. The van der Waals surface area contributed by atoms with Crippen molar-refractivity contribution in [3.8, 4) is 21.8 Å². The summed E-state index contributed by atoms with van der Waals surface area (Å²) in [6.07, 6.45) is 2.09. The van der Waals surface area contributed by atoms with Gasteiger partial charge >= 0.3 is 0 Å². The number of rotatable bonds is 6. The van der Waals surface area contributed by atoms with Crippen molar-refractivity contribution in [3.05, 3.63) is 57.6 Å². The summed E-state index contributed by atoms with van der Waals surface area (Å²) >= 11 is 3.13. The van der Waals surface area contributed by atoms with Gasteiger partial charge in [-0.15, -0.1) is 27.8 Å². The first-order valence-corrected chi connectivity index (χ1v) is 10.1. The van der Waals surface area contributed by atoms with Gasteiger partial charge < -0.3 is 0 Å². The van der Waals surface area contributed by atoms with Gasteiger partial charge in [0.15, 0.2) is 5.78 Å². The lowest BCUT2D eigenvalue weighted by molar-refractivity contribution is -0.119. The van der Waals surface area contributed by atoms with E-state index in [-0.39, 0.29) is 12.3 Å². The molecule has 0 aliphatic heterocycles. The number of Topliss-reactive ketones (excluding diaryl/α,β-unsaturated/α-hetero) is 1. The van der Waals surface area contributed by atoms with Gasteiger partial charge in [-0.3, -0.25) is 4.79 Å². The quantitative estimate of drug-likeness (QED) is 0.494. The summed E-state index contributed by atoms with van der Waals surface area (Å²) in [6.45, 7) is 4.16. The van der Waals surface area contributed by atoms with Gasteiger partial charge in [-0.1, -0.05) is 35.5 Å². The SMILES string of the molecule is Cc1nc(C)c(-c2csc(CC(=O)Cn3cc(-c4ccccc4)nn3)n2)s1. The molecule has 3 aromatic heterocycles. The average molecular weight is 396 g/mol. The lowest BCUT2D eigenvalue weighted by Gasteiger charge is -1.98. The zero-order chi connectivity index (χ0) is 18.8. The summed E-state index contributed by atoms with van der Waals surface area (Å²) < 4.78 is 1.58. The highest BCUT2D eigenvalue weighted by Crippen LogP contribution is 2.30. The second kappa shape index (κ2) is 7.50. The Hall–Kier alpha value is -2.71. The molecule has 6 nitrogen and oxygen atoms in total. The van der Waals surface area contributed by atoms with Crippen LogP contribution in [0.1, 0.15) is 15.7 Å². The molecule has 136 valence electrons. The zero-order valence-corrected chi connectivity index (χ0v) is 16.5. The van der Waals surface area contributed by atoms with E-state index < -0.39 is 0 Å². The van der Waals surface area contributed by atoms with Crippen LogP contribution in [0.5, 0.6) is 0 Å². The Kier molecular flexibility index (Phi) is 4.91. The third-order valence-electron chi connectivity index (χ3n) is 3.98. The number of benzene rings is 1. The Labute approximate surface area is 164 Å². The van der Waals surface area contributed by atoms with Crippen LogP contribution in [0.25, 0.3) is 21.8 Å². The minimum atomic E-state index is 0.0534. The van der Waals surface area contributed by atoms with E-state index in [1.165, 1.54) is 11.3 Å². The van der Waals surface area contributed by atoms with Crippen molar-refractivity contribution in [2.75, 3.05) is 0 Å². The molecule has 4 aromatic rings. The van der Waals surface area contributed by atoms with Crippen LogP contribution in [0.3, 0.4) is 0 Å². The fraction of sp³-hybridized carbons (Fsp3) is 0.211. The minimum absolute atomic E-state index is 0.0534. The minimum Gasteiger partial charge on any atom is -0.297 e. The predicted molar refractivity (Wildman–Crippen MR) is 107 cm³/mol. The van der Waals surface area contributed by atoms with Crippen LogP contribution in [0.2, 0.25) is 0 Å². The van der Waals surface area contributed by atoms with Gasteiger partial charge in [-0.05, 0) is 13.8 Å². The highest BCUT2D eigenvalue weighted by atomic mass is 32.1. The maximum absolute atomic E-state index is 12.4. The molecule has 0 aliphatic rings. The van der Waals surface area contributed by atoms with Crippen molar-refractivity contribution >= 4 is 28.5 Å². The molecule has 0 aliphatic carbocycles. The number of ketones is 1. The van der Waals surface area contributed by atoms with Crippen molar-refractivity contribution in [2.24, 2.45) is 0 Å². The van der Waals surface area contributed by atoms with Gasteiger partial charge in [0.1, 0.15) is 17.2 Å². The predicted octanol–water partition coefficient (Wildman–Crippen LogP) is 3.95. The van der Waals surface area contributed by atoms with Crippen LogP contribution >= 0.6 is 22.7 Å². The first-order valence-electron chi connectivity index (χ1n) is 8.44. The smallest absolute Gasteiger partial charge is 0.161 e. The van der Waals surface area contributed by atoms with Gasteiger partial charge in [0.25, 0.3) is 0 Å². The molecule has 0 saturated heterocycles. The fourth-order valence-electron chi connectivity index (χ4n) is 2.79. The normalized spacial score (nSPS) is 11.0. The van der Waals surface area contributed by atoms with Crippen LogP contribution in [-0.2, 0) is 17.8 Å². The number of hydrogen-bond donors (Lipinski definition) is 0. The molecule has 0 unspecified atom stereocenters. The van der Waals surface area contributed by atoms with E-state index in [1.54, 1.807) is 22.2 Å². The summed E-state index contributed by atoms with van der Waals surface area (Å²) in [5.41, 5.74) is 3.63. The van der Waals surface area contributed by atoms with Crippen molar-refractivity contribution in [1.29, 1.82) is 0 Å². The molecule has 0 atom stereocenters. The number of hydrogen-bond acceptors (Lipinski definition) is 7. The van der Waals surface area contributed by atoms with E-state index in [4.69, 9.17) is 0 Å². The van der Waals surface area contributed by atoms with Crippen LogP contribution in [-0.4, -0.2) is 30.7 Å². The number of aryl methyl sites for hydroxylation is 2. The molecule has 3 heterocycles. The molecule has 4 rings (SSSR count). The van der Waals surface area contributed by atoms with E-state index in [1.807, 2.05) is 49.6 Å². The third kappa shape index (κ3) is 4.01. The molecular weight excluding hydrogens is 378 g/mol. The first-order chi connectivity index (χ1) is 13.1. The van der Waals surface area contributed by atoms with Gasteiger partial charge in [0.05, 0.1) is 33.9 Å². The standard InChI is InChI=1S/C19H17N5OS2/c1-12-19(27-13(2)20-12)17-11-26-18(21-17)8-15(25)9-24-10-16(22-23-24)14-6-4-3-5-7-14/h3-7,10-11H,8-9H2,1-2H3. The molecule has 0 spiro atoms. The van der Waals surface area contributed by atoms with E-state index in [0.29, 0.717) is 6.42 Å². The van der Waals surface area contributed by atoms with Crippen molar-refractivity contribution < 1.29 is 4.79 Å². The summed E-state index contributed by atoms with van der Waals surface area (Å²) in [7, 11) is 0. The van der Waals surface area contributed by atoms with E-state index in [9.17, 15) is 4.79 Å². The molecule has 0 bridgehead atoms. The molecule has 1 aromatic carbocycles. The fourth-order valence-corrected chi connectivity index (χ4v) is 4.56. The van der Waals surface area contributed by atoms with Crippen LogP contribution in [0.4, 0.5) is 0 Å². The topological polar surface area (TPSA) is 73.6 Å². The molecule has 27 heavy (non-hydrogen) atoms.